The molecule has 0 saturated heterocycles. The van der Waals surface area contributed by atoms with Crippen LogP contribution in [0.1, 0.15) is 6.93 Å². The second kappa shape index (κ2) is 3.66. The van der Waals surface area contributed by atoms with E-state index < -0.39 is 5.83 Å². The maximum Gasteiger partial charge on any atom is 0.178 e. The van der Waals surface area contributed by atoms with E-state index in [1.807, 2.05) is 0 Å². The molecule has 0 saturated carbocycles. The largest absolute Gasteiger partial charge is 0.295 e. The molecule has 0 atom stereocenters. The smallest absolute Gasteiger partial charge is 0.178 e. The van der Waals surface area contributed by atoms with Gasteiger partial charge in [-0.25, -0.2) is 4.39 Å². The van der Waals surface area contributed by atoms with Crippen molar-refractivity contribution >= 4 is 12.3 Å². The van der Waals surface area contributed by atoms with Gasteiger partial charge in [0.1, 0.15) is 0 Å². The summed E-state index contributed by atoms with van der Waals surface area (Å²) < 4.78 is 19.7. The minimum Gasteiger partial charge on any atom is -0.295 e. The second-order valence-corrected chi connectivity index (χ2v) is 1.96. The third-order valence-electron chi connectivity index (χ3n) is 1.14. The van der Waals surface area contributed by atoms with E-state index >= 15 is 0 Å². The summed E-state index contributed by atoms with van der Waals surface area (Å²) in [6, 6.07) is 7.90. The fourth-order valence-corrected chi connectivity index (χ4v) is 0.689. The molecule has 1 nitrogen and oxygen atoms in total. The van der Waals surface area contributed by atoms with Crippen LogP contribution in [0.5, 0.6) is 0 Å². The van der Waals surface area contributed by atoms with Gasteiger partial charge < -0.3 is 0 Å². The van der Waals surface area contributed by atoms with E-state index in [2.05, 4.69) is 0 Å². The number of allylic oxidation sites excluding steroid dienone is 1. The molecule has 2 heteroatoms. The van der Waals surface area contributed by atoms with E-state index in [1.165, 1.54) is 0 Å². The van der Waals surface area contributed by atoms with Crippen molar-refractivity contribution in [3.05, 3.63) is 41.7 Å². The number of rotatable bonds is 2. The first-order chi connectivity index (χ1) is 5.75. The van der Waals surface area contributed by atoms with Crippen molar-refractivity contribution in [3.8, 4) is 0 Å². The van der Waals surface area contributed by atoms with E-state index in [0.29, 0.717) is 5.56 Å². The first-order valence-electron chi connectivity index (χ1n) is 3.62. The van der Waals surface area contributed by atoms with Gasteiger partial charge in [-0.1, -0.05) is 30.3 Å². The molecule has 0 aliphatic heterocycles. The zero-order valence-electron chi connectivity index (χ0n) is 6.75. The molecule has 0 amide bonds. The summed E-state index contributed by atoms with van der Waals surface area (Å²) in [5, 5.41) is 0. The van der Waals surface area contributed by atoms with Crippen molar-refractivity contribution in [3.63, 3.8) is 0 Å². The Bertz CT molecular complexity index is 306. The summed E-state index contributed by atoms with van der Waals surface area (Å²) in [5.74, 6) is -1.04. The van der Waals surface area contributed by atoms with Crippen LogP contribution in [0.4, 0.5) is 4.39 Å². The molecule has 0 bridgehead atoms. The average Bonchev–Trinajstić information content (AvgIpc) is 2.17. The number of carbonyl (C=O) groups excluding carboxylic acids is 1. The molecule has 1 rings (SSSR count). The van der Waals surface area contributed by atoms with E-state index in [9.17, 15) is 9.18 Å². The third-order valence-corrected chi connectivity index (χ3v) is 1.14. The topological polar surface area (TPSA) is 17.1 Å². The highest BCUT2D eigenvalue weighted by molar-refractivity contribution is 5.78. The van der Waals surface area contributed by atoms with Gasteiger partial charge >= 0.3 is 0 Å². The lowest BCUT2D eigenvalue weighted by Gasteiger charge is -1.88. The van der Waals surface area contributed by atoms with Crippen LogP contribution >= 0.6 is 0 Å². The van der Waals surface area contributed by atoms with E-state index in [0.717, 1.165) is 0 Å². The van der Waals surface area contributed by atoms with Crippen LogP contribution in [-0.4, -0.2) is 6.29 Å². The molecule has 0 aliphatic carbocycles. The van der Waals surface area contributed by atoms with Crippen LogP contribution < -0.4 is 0 Å². The van der Waals surface area contributed by atoms with Crippen LogP contribution in [0.2, 0.25) is 0 Å². The van der Waals surface area contributed by atoms with Crippen LogP contribution in [0.25, 0.3) is 6.05 Å². The summed E-state index contributed by atoms with van der Waals surface area (Å²) in [6.45, 7) is 0. The average molecular weight is 151 g/mol. The van der Waals surface area contributed by atoms with Crippen molar-refractivity contribution in [1.82, 2.24) is 0 Å². The number of carbonyl (C=O) groups is 1. The maximum atomic E-state index is 12.5. The molecule has 1 aromatic rings. The number of hydrogen-bond acceptors (Lipinski definition) is 1. The van der Waals surface area contributed by atoms with Crippen molar-refractivity contribution in [2.45, 2.75) is 0 Å². The first-order valence-corrected chi connectivity index (χ1v) is 3.12. The van der Waals surface area contributed by atoms with Gasteiger partial charge in [-0.2, -0.15) is 0 Å². The minimum atomic E-state index is -1.04. The molecule has 0 N–H and O–H groups in total. The van der Waals surface area contributed by atoms with Gasteiger partial charge in [-0.3, -0.25) is 4.79 Å². The zero-order valence-corrected chi connectivity index (χ0v) is 5.75. The molecule has 0 radical (unpaired) electrons. The van der Waals surface area contributed by atoms with Crippen molar-refractivity contribution in [2.75, 3.05) is 0 Å². The summed E-state index contributed by atoms with van der Waals surface area (Å²) in [4.78, 5) is 9.97. The molecule has 0 aromatic heterocycles. The molecule has 0 aliphatic rings. The van der Waals surface area contributed by atoms with Crippen molar-refractivity contribution in [1.29, 1.82) is 0 Å². The third kappa shape index (κ3) is 2.34. The van der Waals surface area contributed by atoms with Gasteiger partial charge in [0.2, 0.25) is 0 Å². The number of aldehydes is 1. The molecule has 0 unspecified atom stereocenters. The Balaban J connectivity index is 3.08. The van der Waals surface area contributed by atoms with E-state index in [-0.39, 0.29) is 12.3 Å². The molecule has 0 spiro atoms. The van der Waals surface area contributed by atoms with Crippen LogP contribution in [0, 0.1) is 0 Å². The first kappa shape index (κ1) is 6.28. The standard InChI is InChI=1S/C9H7FO/c10-9(7-11)6-8-4-2-1-3-5-8/h1-7H/b9-6-/i6D. The van der Waals surface area contributed by atoms with Gasteiger partial charge in [0, 0.05) is 0 Å². The Kier molecular flexibility index (Phi) is 2.09. The summed E-state index contributed by atoms with van der Waals surface area (Å²) in [6.07, 6.45) is 0.0370. The lowest BCUT2D eigenvalue weighted by atomic mass is 10.2. The second-order valence-electron chi connectivity index (χ2n) is 1.96. The molecule has 11 heavy (non-hydrogen) atoms. The molecule has 56 valence electrons. The van der Waals surface area contributed by atoms with Crippen LogP contribution in [0.3, 0.4) is 0 Å². The fraction of sp³-hybridized carbons (Fsp3) is 0. The predicted octanol–water partition coefficient (Wildman–Crippen LogP) is 2.20. The van der Waals surface area contributed by atoms with Crippen molar-refractivity contribution < 1.29 is 10.6 Å². The highest BCUT2D eigenvalue weighted by Crippen LogP contribution is 2.04. The van der Waals surface area contributed by atoms with Gasteiger partial charge in [-0.15, -0.1) is 0 Å². The Hall–Kier alpha value is -1.44. The van der Waals surface area contributed by atoms with Crippen molar-refractivity contribution in [2.24, 2.45) is 0 Å². The van der Waals surface area contributed by atoms with Gasteiger partial charge in [0.25, 0.3) is 0 Å². The van der Waals surface area contributed by atoms with Crippen LogP contribution in [-0.2, 0) is 4.79 Å². The Morgan fingerprint density at radius 2 is 2.09 bits per heavy atom. The Morgan fingerprint density at radius 1 is 1.45 bits per heavy atom. The number of hydrogen-bond donors (Lipinski definition) is 0. The molecule has 0 fully saturated rings. The van der Waals surface area contributed by atoms with E-state index in [1.54, 1.807) is 30.3 Å². The summed E-state index contributed by atoms with van der Waals surface area (Å²) >= 11 is 0. The number of halogens is 1. The Labute approximate surface area is 65.6 Å². The summed E-state index contributed by atoms with van der Waals surface area (Å²) in [7, 11) is 0. The number of benzene rings is 1. The molecule has 1 aromatic carbocycles. The monoisotopic (exact) mass is 151 g/mol. The predicted molar refractivity (Wildman–Crippen MR) is 41.6 cm³/mol. The van der Waals surface area contributed by atoms with E-state index in [4.69, 9.17) is 1.37 Å². The lowest BCUT2D eigenvalue weighted by molar-refractivity contribution is -0.106. The molecule has 0 heterocycles. The zero-order chi connectivity index (χ0) is 8.97. The molecular weight excluding hydrogens is 143 g/mol. The van der Waals surface area contributed by atoms with Gasteiger partial charge in [-0.05, 0) is 11.6 Å². The maximum absolute atomic E-state index is 12.5. The highest BCUT2D eigenvalue weighted by Gasteiger charge is 1.89. The normalized spacial score (nSPS) is 13.4. The minimum absolute atomic E-state index is 0.0370. The fourth-order valence-electron chi connectivity index (χ4n) is 0.689. The van der Waals surface area contributed by atoms with Gasteiger partial charge in [0.15, 0.2) is 12.1 Å². The summed E-state index contributed by atoms with van der Waals surface area (Å²) in [5.41, 5.74) is 0.405. The quantitative estimate of drug-likeness (QED) is 0.467. The Morgan fingerprint density at radius 3 is 2.64 bits per heavy atom. The molecular formula is C9H7FO. The van der Waals surface area contributed by atoms with Crippen LogP contribution in [0.15, 0.2) is 36.2 Å². The SMILES string of the molecule is [2H]/C(=C(/F)C=O)c1ccccc1. The van der Waals surface area contributed by atoms with Gasteiger partial charge in [0.05, 0.1) is 1.37 Å². The highest BCUT2D eigenvalue weighted by atomic mass is 19.1. The lowest BCUT2D eigenvalue weighted by Crippen LogP contribution is -1.74.